The van der Waals surface area contributed by atoms with Crippen LogP contribution in [0.15, 0.2) is 85.1 Å². The normalized spacial score (nSPS) is 13.0. The molecule has 47 heavy (non-hydrogen) atoms. The fourth-order valence-electron chi connectivity index (χ4n) is 4.50. The summed E-state index contributed by atoms with van der Waals surface area (Å²) < 4.78 is 38.0. The molecule has 0 spiro atoms. The van der Waals surface area contributed by atoms with Gasteiger partial charge in [-0.05, 0) is 78.1 Å². The number of carbonyl (C=O) groups excluding carboxylic acids is 3. The van der Waals surface area contributed by atoms with Crippen molar-refractivity contribution >= 4 is 46.8 Å². The first kappa shape index (κ1) is 35.5. The van der Waals surface area contributed by atoms with E-state index < -0.39 is 39.7 Å². The highest BCUT2D eigenvalue weighted by atomic mass is 35.5. The molecular formula is C35H32ClF3N3O4S-. The van der Waals surface area contributed by atoms with Gasteiger partial charge in [0.25, 0.3) is 11.8 Å². The van der Waals surface area contributed by atoms with E-state index in [1.165, 1.54) is 42.2 Å². The van der Waals surface area contributed by atoms with E-state index in [9.17, 15) is 32.7 Å². The minimum atomic E-state index is -4.50. The maximum absolute atomic E-state index is 13.4. The number of hydrogen-bond donors (Lipinski definition) is 2. The quantitative estimate of drug-likeness (QED) is 0.181. The van der Waals surface area contributed by atoms with E-state index in [4.69, 9.17) is 11.6 Å². The lowest BCUT2D eigenvalue weighted by Crippen LogP contribution is -2.52. The lowest BCUT2D eigenvalue weighted by Gasteiger charge is -2.42. The van der Waals surface area contributed by atoms with Gasteiger partial charge in [-0.15, -0.1) is 11.8 Å². The van der Waals surface area contributed by atoms with Crippen molar-refractivity contribution in [1.29, 1.82) is 0 Å². The number of thioether (sulfide) groups is 1. The summed E-state index contributed by atoms with van der Waals surface area (Å²) in [6.45, 7) is 7.01. The summed E-state index contributed by atoms with van der Waals surface area (Å²) in [5.74, 6) is -1.80. The number of halogens is 4. The monoisotopic (exact) mass is 682 g/mol. The molecule has 4 aromatic rings. The molecule has 0 saturated heterocycles. The lowest BCUT2D eigenvalue weighted by atomic mass is 9.81. The second kappa shape index (κ2) is 14.2. The first-order chi connectivity index (χ1) is 22.0. The van der Waals surface area contributed by atoms with Gasteiger partial charge in [-0.2, -0.15) is 13.2 Å². The Labute approximate surface area is 280 Å². The topological polar surface area (TPSA) is 111 Å². The van der Waals surface area contributed by atoms with Gasteiger partial charge in [0.1, 0.15) is 0 Å². The fraction of sp³-hybridized carbons (Fsp3) is 0.257. The van der Waals surface area contributed by atoms with Gasteiger partial charge in [0, 0.05) is 40.2 Å². The molecule has 3 aromatic carbocycles. The van der Waals surface area contributed by atoms with Crippen LogP contribution in [0.1, 0.15) is 65.1 Å². The summed E-state index contributed by atoms with van der Waals surface area (Å²) >= 11 is 7.51. The zero-order chi connectivity index (χ0) is 34.6. The van der Waals surface area contributed by atoms with Crippen LogP contribution in [0, 0.1) is 5.41 Å². The molecule has 0 radical (unpaired) electrons. The molecule has 0 aliphatic carbocycles. The fourth-order valence-corrected chi connectivity index (χ4v) is 5.86. The predicted octanol–water partition coefficient (Wildman–Crippen LogP) is 7.39. The van der Waals surface area contributed by atoms with Crippen LogP contribution in [0.5, 0.6) is 0 Å². The maximum atomic E-state index is 13.4. The smallest absolute Gasteiger partial charge is 0.416 e. The number of aliphatic carboxylic acids is 1. The van der Waals surface area contributed by atoms with Crippen LogP contribution >= 0.6 is 23.4 Å². The summed E-state index contributed by atoms with van der Waals surface area (Å²) in [5.41, 5.74) is 1.30. The molecule has 0 aliphatic heterocycles. The number of hydrogen-bond acceptors (Lipinski definition) is 6. The van der Waals surface area contributed by atoms with Crippen LogP contribution < -0.4 is 15.7 Å². The van der Waals surface area contributed by atoms with Gasteiger partial charge in [-0.25, -0.2) is 0 Å². The van der Waals surface area contributed by atoms with Crippen molar-refractivity contribution in [1.82, 2.24) is 10.3 Å². The molecule has 2 amide bonds. The SMILES string of the molecule is CC(C)(C)C(C)(SCc1cccc(C(=O)Nc2ccc(Cl)cc2-c2cc(C(=O)NCc3cccc(C(F)(F)F)c3)ccn2)c1)C(=O)[O-]. The number of anilines is 1. The Morgan fingerprint density at radius 3 is 2.21 bits per heavy atom. The van der Waals surface area contributed by atoms with E-state index in [2.05, 4.69) is 15.6 Å². The van der Waals surface area contributed by atoms with Gasteiger partial charge in [-0.3, -0.25) is 14.6 Å². The van der Waals surface area contributed by atoms with E-state index >= 15 is 0 Å². The molecule has 2 N–H and O–H groups in total. The highest BCUT2D eigenvalue weighted by Gasteiger charge is 2.39. The second-order valence-electron chi connectivity index (χ2n) is 12.0. The van der Waals surface area contributed by atoms with Crippen LogP contribution in [0.25, 0.3) is 11.3 Å². The van der Waals surface area contributed by atoms with Crippen molar-refractivity contribution in [2.75, 3.05) is 5.32 Å². The van der Waals surface area contributed by atoms with Crippen molar-refractivity contribution < 1.29 is 32.7 Å². The van der Waals surface area contributed by atoms with E-state index in [1.807, 2.05) is 26.8 Å². The Kier molecular flexibility index (Phi) is 10.7. The van der Waals surface area contributed by atoms with Crippen molar-refractivity contribution in [3.05, 3.63) is 118 Å². The van der Waals surface area contributed by atoms with Crippen LogP contribution in [0.3, 0.4) is 0 Å². The summed E-state index contributed by atoms with van der Waals surface area (Å²) in [4.78, 5) is 42.6. The molecular weight excluding hydrogens is 651 g/mol. The van der Waals surface area contributed by atoms with Crippen LogP contribution in [-0.2, 0) is 23.3 Å². The summed E-state index contributed by atoms with van der Waals surface area (Å²) in [6, 6.07) is 19.3. The Morgan fingerprint density at radius 2 is 1.53 bits per heavy atom. The number of pyridine rings is 1. The van der Waals surface area contributed by atoms with E-state index in [0.717, 1.165) is 17.7 Å². The Balaban J connectivity index is 1.51. The van der Waals surface area contributed by atoms with Crippen molar-refractivity contribution in [2.45, 2.75) is 50.9 Å². The highest BCUT2D eigenvalue weighted by Crippen LogP contribution is 2.43. The number of alkyl halides is 3. The second-order valence-corrected chi connectivity index (χ2v) is 13.8. The van der Waals surface area contributed by atoms with Gasteiger partial charge in [0.15, 0.2) is 0 Å². The minimum Gasteiger partial charge on any atom is -0.549 e. The zero-order valence-electron chi connectivity index (χ0n) is 26.0. The molecule has 1 heterocycles. The number of rotatable bonds is 10. The van der Waals surface area contributed by atoms with E-state index in [0.29, 0.717) is 33.3 Å². The molecule has 0 aliphatic rings. The molecule has 1 aromatic heterocycles. The average Bonchev–Trinajstić information content (AvgIpc) is 3.02. The van der Waals surface area contributed by atoms with Crippen LogP contribution in [0.4, 0.5) is 18.9 Å². The highest BCUT2D eigenvalue weighted by molar-refractivity contribution is 8.00. The molecule has 0 bridgehead atoms. The lowest BCUT2D eigenvalue weighted by molar-refractivity contribution is -0.311. The summed E-state index contributed by atoms with van der Waals surface area (Å²) in [5, 5.41) is 17.8. The molecule has 1 atom stereocenters. The summed E-state index contributed by atoms with van der Waals surface area (Å²) in [6.07, 6.45) is -3.10. The van der Waals surface area contributed by atoms with Crippen molar-refractivity contribution in [2.24, 2.45) is 5.41 Å². The van der Waals surface area contributed by atoms with E-state index in [1.54, 1.807) is 43.3 Å². The Morgan fingerprint density at radius 1 is 0.851 bits per heavy atom. The number of nitrogens with zero attached hydrogens (tertiary/aromatic N) is 1. The largest absolute Gasteiger partial charge is 0.549 e. The first-order valence-electron chi connectivity index (χ1n) is 14.4. The van der Waals surface area contributed by atoms with Crippen molar-refractivity contribution in [3.8, 4) is 11.3 Å². The van der Waals surface area contributed by atoms with Gasteiger partial charge in [-0.1, -0.05) is 56.6 Å². The Bertz CT molecular complexity index is 1810. The van der Waals surface area contributed by atoms with E-state index in [-0.39, 0.29) is 17.7 Å². The molecule has 0 saturated carbocycles. The molecule has 246 valence electrons. The van der Waals surface area contributed by atoms with Gasteiger partial charge >= 0.3 is 6.18 Å². The molecule has 4 rings (SSSR count). The van der Waals surface area contributed by atoms with Gasteiger partial charge in [0.05, 0.1) is 27.7 Å². The number of carbonyl (C=O) groups is 3. The Hall–Kier alpha value is -4.35. The van der Waals surface area contributed by atoms with Crippen LogP contribution in [0.2, 0.25) is 5.02 Å². The third-order valence-corrected chi connectivity index (χ3v) is 9.84. The molecule has 7 nitrogen and oxygen atoms in total. The van der Waals surface area contributed by atoms with Crippen LogP contribution in [-0.4, -0.2) is 27.5 Å². The number of carboxylic acids is 1. The van der Waals surface area contributed by atoms with Gasteiger partial charge < -0.3 is 20.5 Å². The third-order valence-electron chi connectivity index (χ3n) is 7.77. The maximum Gasteiger partial charge on any atom is 0.416 e. The predicted molar refractivity (Wildman–Crippen MR) is 176 cm³/mol. The number of aromatic nitrogens is 1. The standard InChI is InChI=1S/C35H33ClF3N3O4S/c1-33(2,3)34(4,32(45)46)47-20-22-8-5-9-23(15-22)31(44)42-28-12-11-26(36)18-27(28)29-17-24(13-14-40-29)30(43)41-19-21-7-6-10-25(16-21)35(37,38)39/h5-18H,19-20H2,1-4H3,(H,41,43)(H,42,44)(H,45,46)/p-1. The third kappa shape index (κ3) is 8.72. The summed E-state index contributed by atoms with van der Waals surface area (Å²) in [7, 11) is 0. The molecule has 0 fully saturated rings. The number of nitrogens with one attached hydrogen (secondary N) is 2. The minimum absolute atomic E-state index is 0.126. The number of benzene rings is 3. The average molecular weight is 683 g/mol. The van der Waals surface area contributed by atoms with Crippen molar-refractivity contribution in [3.63, 3.8) is 0 Å². The number of carboxylic acid groups (broad SMARTS) is 1. The molecule has 1 unspecified atom stereocenters. The molecule has 12 heteroatoms. The first-order valence-corrected chi connectivity index (χ1v) is 15.8. The zero-order valence-corrected chi connectivity index (χ0v) is 27.6. The van der Waals surface area contributed by atoms with Gasteiger partial charge in [0.2, 0.25) is 0 Å². The number of amides is 2.